The third-order valence-electron chi connectivity index (χ3n) is 2.60. The zero-order chi connectivity index (χ0) is 13.1. The molecule has 18 heavy (non-hydrogen) atoms. The van der Waals surface area contributed by atoms with Crippen LogP contribution in [0, 0.1) is 6.92 Å². The standard InChI is InChI=1S/C14H13Br2NO/c1-9-2-4-11(15)7-14(9)18-13-5-3-10(8-17)6-12(13)16/h2-7H,8,17H2,1H3. The lowest BCUT2D eigenvalue weighted by atomic mass is 10.2. The fourth-order valence-electron chi connectivity index (χ4n) is 1.56. The molecule has 2 N–H and O–H groups in total. The van der Waals surface area contributed by atoms with Gasteiger partial charge >= 0.3 is 0 Å². The molecule has 0 aliphatic heterocycles. The molecule has 2 aromatic carbocycles. The molecular weight excluding hydrogens is 358 g/mol. The SMILES string of the molecule is Cc1ccc(Br)cc1Oc1ccc(CN)cc1Br. The molecule has 0 fully saturated rings. The highest BCUT2D eigenvalue weighted by Gasteiger charge is 2.06. The van der Waals surface area contributed by atoms with Crippen molar-refractivity contribution in [1.29, 1.82) is 0 Å². The number of ether oxygens (including phenoxy) is 1. The van der Waals surface area contributed by atoms with Crippen LogP contribution in [-0.4, -0.2) is 0 Å². The Kier molecular flexibility index (Phi) is 4.43. The summed E-state index contributed by atoms with van der Waals surface area (Å²) >= 11 is 6.94. The molecule has 0 aromatic heterocycles. The Morgan fingerprint density at radius 2 is 1.83 bits per heavy atom. The van der Waals surface area contributed by atoms with Crippen molar-refractivity contribution >= 4 is 31.9 Å². The van der Waals surface area contributed by atoms with Crippen molar-refractivity contribution in [2.75, 3.05) is 0 Å². The molecule has 0 aliphatic rings. The number of hydrogen-bond donors (Lipinski definition) is 1. The summed E-state index contributed by atoms with van der Waals surface area (Å²) in [5.41, 5.74) is 7.76. The van der Waals surface area contributed by atoms with Gasteiger partial charge in [0, 0.05) is 11.0 Å². The van der Waals surface area contributed by atoms with E-state index in [4.69, 9.17) is 10.5 Å². The van der Waals surface area contributed by atoms with Crippen molar-refractivity contribution in [3.8, 4) is 11.5 Å². The van der Waals surface area contributed by atoms with E-state index < -0.39 is 0 Å². The molecule has 0 radical (unpaired) electrons. The van der Waals surface area contributed by atoms with E-state index in [1.54, 1.807) is 0 Å². The molecule has 0 aliphatic carbocycles. The monoisotopic (exact) mass is 369 g/mol. The molecule has 0 saturated carbocycles. The summed E-state index contributed by atoms with van der Waals surface area (Å²) in [7, 11) is 0. The summed E-state index contributed by atoms with van der Waals surface area (Å²) in [5.74, 6) is 1.62. The topological polar surface area (TPSA) is 35.2 Å². The van der Waals surface area contributed by atoms with Crippen LogP contribution in [0.5, 0.6) is 11.5 Å². The van der Waals surface area contributed by atoms with Gasteiger partial charge in [-0.15, -0.1) is 0 Å². The first kappa shape index (κ1) is 13.6. The van der Waals surface area contributed by atoms with Crippen LogP contribution in [0.25, 0.3) is 0 Å². The lowest BCUT2D eigenvalue weighted by molar-refractivity contribution is 0.475. The number of nitrogens with two attached hydrogens (primary N) is 1. The van der Waals surface area contributed by atoms with E-state index in [-0.39, 0.29) is 0 Å². The Morgan fingerprint density at radius 1 is 1.06 bits per heavy atom. The first-order valence-corrected chi connectivity index (χ1v) is 7.11. The van der Waals surface area contributed by atoms with Gasteiger partial charge in [0.1, 0.15) is 11.5 Å². The first-order valence-electron chi connectivity index (χ1n) is 5.52. The maximum absolute atomic E-state index is 5.90. The third kappa shape index (κ3) is 3.13. The summed E-state index contributed by atoms with van der Waals surface area (Å²) in [6, 6.07) is 11.8. The molecule has 0 amide bonds. The van der Waals surface area contributed by atoms with E-state index in [1.807, 2.05) is 43.3 Å². The average Bonchev–Trinajstić information content (AvgIpc) is 2.36. The Bertz CT molecular complexity index is 570. The van der Waals surface area contributed by atoms with Gasteiger partial charge in [0.05, 0.1) is 4.47 Å². The molecular formula is C14H13Br2NO. The van der Waals surface area contributed by atoms with Gasteiger partial charge in [-0.3, -0.25) is 0 Å². The lowest BCUT2D eigenvalue weighted by Gasteiger charge is -2.11. The molecule has 0 bridgehead atoms. The molecule has 2 aromatic rings. The van der Waals surface area contributed by atoms with Gasteiger partial charge < -0.3 is 10.5 Å². The predicted molar refractivity (Wildman–Crippen MR) is 81.0 cm³/mol. The van der Waals surface area contributed by atoms with E-state index in [1.165, 1.54) is 0 Å². The average molecular weight is 371 g/mol. The summed E-state index contributed by atoms with van der Waals surface area (Å²) in [4.78, 5) is 0. The van der Waals surface area contributed by atoms with Crippen molar-refractivity contribution < 1.29 is 4.74 Å². The Balaban J connectivity index is 2.31. The Morgan fingerprint density at radius 3 is 2.50 bits per heavy atom. The highest BCUT2D eigenvalue weighted by molar-refractivity contribution is 9.10. The largest absolute Gasteiger partial charge is 0.456 e. The van der Waals surface area contributed by atoms with E-state index in [0.717, 1.165) is 31.6 Å². The molecule has 0 spiro atoms. The predicted octanol–water partition coefficient (Wildman–Crippen LogP) is 4.77. The number of hydrogen-bond acceptors (Lipinski definition) is 2. The second-order valence-corrected chi connectivity index (χ2v) is 5.75. The van der Waals surface area contributed by atoms with Crippen molar-refractivity contribution in [2.45, 2.75) is 13.5 Å². The number of aryl methyl sites for hydroxylation is 1. The van der Waals surface area contributed by atoms with Crippen LogP contribution in [-0.2, 0) is 6.54 Å². The molecule has 0 saturated heterocycles. The lowest BCUT2D eigenvalue weighted by Crippen LogP contribution is -1.96. The van der Waals surface area contributed by atoms with Gasteiger partial charge in [-0.05, 0) is 58.2 Å². The molecule has 94 valence electrons. The quantitative estimate of drug-likeness (QED) is 0.844. The number of benzene rings is 2. The highest BCUT2D eigenvalue weighted by atomic mass is 79.9. The third-order valence-corrected chi connectivity index (χ3v) is 3.72. The second-order valence-electron chi connectivity index (χ2n) is 3.98. The molecule has 0 heterocycles. The van der Waals surface area contributed by atoms with E-state index in [9.17, 15) is 0 Å². The highest BCUT2D eigenvalue weighted by Crippen LogP contribution is 2.33. The van der Waals surface area contributed by atoms with E-state index in [0.29, 0.717) is 6.54 Å². The van der Waals surface area contributed by atoms with E-state index >= 15 is 0 Å². The number of halogens is 2. The summed E-state index contributed by atoms with van der Waals surface area (Å²) in [6.07, 6.45) is 0. The maximum atomic E-state index is 5.90. The fourth-order valence-corrected chi connectivity index (χ4v) is 2.40. The van der Waals surface area contributed by atoms with Crippen LogP contribution in [0.1, 0.15) is 11.1 Å². The van der Waals surface area contributed by atoms with Gasteiger partial charge in [-0.25, -0.2) is 0 Å². The van der Waals surface area contributed by atoms with Gasteiger partial charge in [0.15, 0.2) is 0 Å². The summed E-state index contributed by atoms with van der Waals surface area (Å²) in [5, 5.41) is 0. The van der Waals surface area contributed by atoms with Crippen LogP contribution in [0.3, 0.4) is 0 Å². The van der Waals surface area contributed by atoms with Crippen LogP contribution in [0.4, 0.5) is 0 Å². The fraction of sp³-hybridized carbons (Fsp3) is 0.143. The summed E-state index contributed by atoms with van der Waals surface area (Å²) in [6.45, 7) is 2.54. The van der Waals surface area contributed by atoms with Gasteiger partial charge in [-0.2, -0.15) is 0 Å². The van der Waals surface area contributed by atoms with Crippen LogP contribution < -0.4 is 10.5 Å². The molecule has 2 rings (SSSR count). The summed E-state index contributed by atoms with van der Waals surface area (Å²) < 4.78 is 7.81. The Labute approximate surface area is 123 Å². The molecule has 0 unspecified atom stereocenters. The van der Waals surface area contributed by atoms with Gasteiger partial charge in [0.25, 0.3) is 0 Å². The Hall–Kier alpha value is -0.840. The first-order chi connectivity index (χ1) is 8.60. The van der Waals surface area contributed by atoms with Crippen LogP contribution in [0.2, 0.25) is 0 Å². The number of rotatable bonds is 3. The van der Waals surface area contributed by atoms with Gasteiger partial charge in [0.2, 0.25) is 0 Å². The minimum absolute atomic E-state index is 0.523. The molecule has 2 nitrogen and oxygen atoms in total. The maximum Gasteiger partial charge on any atom is 0.141 e. The van der Waals surface area contributed by atoms with Crippen LogP contribution in [0.15, 0.2) is 45.3 Å². The van der Waals surface area contributed by atoms with E-state index in [2.05, 4.69) is 31.9 Å². The second kappa shape index (κ2) is 5.87. The van der Waals surface area contributed by atoms with Crippen LogP contribution >= 0.6 is 31.9 Å². The minimum Gasteiger partial charge on any atom is -0.456 e. The van der Waals surface area contributed by atoms with Crippen molar-refractivity contribution in [2.24, 2.45) is 5.73 Å². The molecule has 0 atom stereocenters. The van der Waals surface area contributed by atoms with Crippen molar-refractivity contribution in [3.05, 3.63) is 56.5 Å². The van der Waals surface area contributed by atoms with Crippen molar-refractivity contribution in [1.82, 2.24) is 0 Å². The van der Waals surface area contributed by atoms with Crippen molar-refractivity contribution in [3.63, 3.8) is 0 Å². The molecule has 4 heteroatoms. The van der Waals surface area contributed by atoms with Gasteiger partial charge in [-0.1, -0.05) is 28.1 Å². The minimum atomic E-state index is 0.523. The zero-order valence-electron chi connectivity index (χ0n) is 9.91. The smallest absolute Gasteiger partial charge is 0.141 e. The zero-order valence-corrected chi connectivity index (χ0v) is 13.1. The normalized spacial score (nSPS) is 10.4.